The molecular weight excluding hydrogens is 138 g/mol. The third kappa shape index (κ3) is 2.53. The van der Waals surface area contributed by atoms with Crippen molar-refractivity contribution in [3.05, 3.63) is 0 Å². The van der Waals surface area contributed by atoms with Gasteiger partial charge in [-0.1, -0.05) is 0 Å². The van der Waals surface area contributed by atoms with Gasteiger partial charge in [-0.3, -0.25) is 0 Å². The van der Waals surface area contributed by atoms with Crippen LogP contribution in [0.5, 0.6) is 0 Å². The van der Waals surface area contributed by atoms with Crippen LogP contribution in [-0.4, -0.2) is 39.8 Å². The van der Waals surface area contributed by atoms with Crippen LogP contribution in [-0.2, 0) is 0 Å². The fourth-order valence-electron chi connectivity index (χ4n) is 0.844. The minimum atomic E-state index is -0.771. The van der Waals surface area contributed by atoms with Gasteiger partial charge in [0.25, 0.3) is 0 Å². The molecule has 0 atom stereocenters. The van der Waals surface area contributed by atoms with E-state index in [2.05, 4.69) is 0 Å². The Bertz CT molecular complexity index is 87.0. The number of thioether (sulfide) groups is 1. The van der Waals surface area contributed by atoms with Gasteiger partial charge in [0.15, 0.2) is 6.54 Å². The van der Waals surface area contributed by atoms with Gasteiger partial charge in [0.05, 0.1) is 0 Å². The molecule has 0 aromatic carbocycles. The van der Waals surface area contributed by atoms with Crippen LogP contribution in [0.25, 0.3) is 0 Å². The maximum atomic E-state index is 9.03. The lowest BCUT2D eigenvalue weighted by Crippen LogP contribution is -2.42. The highest BCUT2D eigenvalue weighted by Gasteiger charge is 2.23. The quantitative estimate of drug-likeness (QED) is 0.500. The standard InChI is InChI=1S/C5H12NO2S/c7-6(8)2-1-4-9-5-3-6/h7-8H,1-5H2/q+1. The van der Waals surface area contributed by atoms with Crippen LogP contribution in [0.15, 0.2) is 0 Å². The predicted octanol–water partition coefficient (Wildman–Crippen LogP) is 0.719. The molecule has 3 nitrogen and oxygen atoms in total. The Morgan fingerprint density at radius 1 is 1.11 bits per heavy atom. The second-order valence-corrected chi connectivity index (χ2v) is 3.52. The van der Waals surface area contributed by atoms with Gasteiger partial charge in [-0.2, -0.15) is 22.2 Å². The molecule has 0 aromatic rings. The van der Waals surface area contributed by atoms with E-state index in [1.807, 2.05) is 0 Å². The Labute approximate surface area is 58.8 Å². The van der Waals surface area contributed by atoms with Crippen molar-refractivity contribution in [1.82, 2.24) is 0 Å². The maximum absolute atomic E-state index is 9.03. The fourth-order valence-corrected chi connectivity index (χ4v) is 1.80. The summed E-state index contributed by atoms with van der Waals surface area (Å²) in [6.45, 7) is 0.942. The topological polar surface area (TPSA) is 40.5 Å². The van der Waals surface area contributed by atoms with E-state index in [1.54, 1.807) is 11.8 Å². The van der Waals surface area contributed by atoms with Gasteiger partial charge in [-0.25, -0.2) is 0 Å². The number of rotatable bonds is 0. The molecule has 0 spiro atoms. The van der Waals surface area contributed by atoms with E-state index in [0.717, 1.165) is 17.9 Å². The Morgan fingerprint density at radius 2 is 1.89 bits per heavy atom. The van der Waals surface area contributed by atoms with Crippen LogP contribution >= 0.6 is 11.8 Å². The van der Waals surface area contributed by atoms with Crippen LogP contribution < -0.4 is 0 Å². The Hall–Kier alpha value is 0.230. The molecule has 0 amide bonds. The first-order valence-electron chi connectivity index (χ1n) is 3.11. The summed E-state index contributed by atoms with van der Waals surface area (Å²) in [4.78, 5) is -0.771. The normalized spacial score (nSPS) is 27.3. The van der Waals surface area contributed by atoms with Crippen molar-refractivity contribution in [3.8, 4) is 0 Å². The highest BCUT2D eigenvalue weighted by molar-refractivity contribution is 7.99. The van der Waals surface area contributed by atoms with Gasteiger partial charge < -0.3 is 0 Å². The Morgan fingerprint density at radius 3 is 2.67 bits per heavy atom. The second kappa shape index (κ2) is 2.88. The van der Waals surface area contributed by atoms with E-state index < -0.39 is 4.81 Å². The summed E-state index contributed by atoms with van der Waals surface area (Å²) < 4.78 is 0. The van der Waals surface area contributed by atoms with Gasteiger partial charge in [-0.05, 0) is 10.6 Å². The summed E-state index contributed by atoms with van der Waals surface area (Å²) in [6.07, 6.45) is 0.900. The lowest BCUT2D eigenvalue weighted by Gasteiger charge is -2.17. The smallest absolute Gasteiger partial charge is 0.151 e. The van der Waals surface area contributed by atoms with Gasteiger partial charge in [0, 0.05) is 12.2 Å². The zero-order valence-electron chi connectivity index (χ0n) is 5.29. The first kappa shape index (κ1) is 7.34. The third-order valence-electron chi connectivity index (χ3n) is 1.40. The number of nitrogens with zero attached hydrogens (tertiary/aromatic N) is 1. The van der Waals surface area contributed by atoms with Crippen molar-refractivity contribution in [2.45, 2.75) is 6.42 Å². The largest absolute Gasteiger partial charge is 0.182 e. The van der Waals surface area contributed by atoms with E-state index in [1.165, 1.54) is 0 Å². The average Bonchev–Trinajstić information content (AvgIpc) is 1.92. The third-order valence-corrected chi connectivity index (χ3v) is 2.45. The fraction of sp³-hybridized carbons (Fsp3) is 1.00. The molecular formula is C5H12NO2S+. The van der Waals surface area contributed by atoms with E-state index in [0.29, 0.717) is 13.1 Å². The van der Waals surface area contributed by atoms with Crippen molar-refractivity contribution >= 4 is 11.8 Å². The number of hydrogen-bond acceptors (Lipinski definition) is 3. The summed E-state index contributed by atoms with van der Waals surface area (Å²) in [5.74, 6) is 1.91. The zero-order valence-corrected chi connectivity index (χ0v) is 6.10. The molecule has 0 saturated carbocycles. The molecule has 1 aliphatic rings. The van der Waals surface area contributed by atoms with Crippen molar-refractivity contribution in [3.63, 3.8) is 0 Å². The summed E-state index contributed by atoms with van der Waals surface area (Å²) >= 11 is 1.78. The minimum Gasteiger partial charge on any atom is -0.182 e. The number of quaternary nitrogens is 1. The lowest BCUT2D eigenvalue weighted by atomic mass is 10.4. The Balaban J connectivity index is 2.36. The average molecular weight is 150 g/mol. The first-order chi connectivity index (χ1) is 4.21. The molecule has 9 heavy (non-hydrogen) atoms. The summed E-state index contributed by atoms with van der Waals surface area (Å²) in [6, 6.07) is 0. The molecule has 1 heterocycles. The van der Waals surface area contributed by atoms with Crippen LogP contribution in [0.3, 0.4) is 0 Å². The molecule has 0 aromatic heterocycles. The molecule has 0 bridgehead atoms. The second-order valence-electron chi connectivity index (χ2n) is 2.29. The van der Waals surface area contributed by atoms with E-state index in [-0.39, 0.29) is 0 Å². The molecule has 0 aliphatic carbocycles. The van der Waals surface area contributed by atoms with E-state index >= 15 is 0 Å². The molecule has 54 valence electrons. The van der Waals surface area contributed by atoms with Crippen LogP contribution in [0.2, 0.25) is 0 Å². The molecule has 1 saturated heterocycles. The first-order valence-corrected chi connectivity index (χ1v) is 4.26. The predicted molar refractivity (Wildman–Crippen MR) is 35.5 cm³/mol. The number of hydrogen-bond donors (Lipinski definition) is 2. The van der Waals surface area contributed by atoms with E-state index in [4.69, 9.17) is 10.4 Å². The molecule has 4 heteroatoms. The number of hydroxylamine groups is 4. The summed E-state index contributed by atoms with van der Waals surface area (Å²) in [7, 11) is 0. The SMILES string of the molecule is O[N+]1(O)CCCSCC1. The van der Waals surface area contributed by atoms with Crippen molar-refractivity contribution in [1.29, 1.82) is 0 Å². The van der Waals surface area contributed by atoms with E-state index in [9.17, 15) is 0 Å². The molecule has 1 fully saturated rings. The monoisotopic (exact) mass is 150 g/mol. The highest BCUT2D eigenvalue weighted by atomic mass is 32.2. The molecule has 1 rings (SSSR count). The van der Waals surface area contributed by atoms with Crippen molar-refractivity contribution in [2.75, 3.05) is 24.6 Å². The molecule has 0 unspecified atom stereocenters. The van der Waals surface area contributed by atoms with Gasteiger partial charge in [0.1, 0.15) is 6.54 Å². The molecule has 2 N–H and O–H groups in total. The summed E-state index contributed by atoms with van der Waals surface area (Å²) in [5.41, 5.74) is 0. The minimum absolute atomic E-state index is 0.463. The van der Waals surface area contributed by atoms with Crippen LogP contribution in [0.1, 0.15) is 6.42 Å². The van der Waals surface area contributed by atoms with Crippen molar-refractivity contribution < 1.29 is 15.2 Å². The zero-order chi connectivity index (χ0) is 6.74. The molecule has 0 radical (unpaired) electrons. The molecule has 1 aliphatic heterocycles. The van der Waals surface area contributed by atoms with Crippen LogP contribution in [0.4, 0.5) is 0 Å². The van der Waals surface area contributed by atoms with Crippen molar-refractivity contribution in [2.24, 2.45) is 0 Å². The maximum Gasteiger partial charge on any atom is 0.151 e. The van der Waals surface area contributed by atoms with Crippen LogP contribution in [0, 0.1) is 0 Å². The summed E-state index contributed by atoms with van der Waals surface area (Å²) in [5, 5.41) is 18.1. The Kier molecular flexibility index (Phi) is 2.35. The lowest BCUT2D eigenvalue weighted by molar-refractivity contribution is -1.24. The van der Waals surface area contributed by atoms with Gasteiger partial charge in [-0.15, -0.1) is 0 Å². The highest BCUT2D eigenvalue weighted by Crippen LogP contribution is 2.12. The van der Waals surface area contributed by atoms with Gasteiger partial charge in [0.2, 0.25) is 0 Å². The van der Waals surface area contributed by atoms with Gasteiger partial charge >= 0.3 is 0 Å².